The molecule has 5 heteroatoms. The molecule has 1 aromatic heterocycles. The van der Waals surface area contributed by atoms with Crippen molar-refractivity contribution in [3.05, 3.63) is 35.5 Å². The monoisotopic (exact) mass is 355 g/mol. The number of nitrogens with zero attached hydrogens (tertiary/aromatic N) is 3. The lowest BCUT2D eigenvalue weighted by Gasteiger charge is -2.22. The summed E-state index contributed by atoms with van der Waals surface area (Å²) in [5, 5.41) is 1.01. The summed E-state index contributed by atoms with van der Waals surface area (Å²) in [6, 6.07) is 8.06. The molecule has 3 rings (SSSR count). The molecule has 26 heavy (non-hydrogen) atoms. The fraction of sp³-hybridized carbons (Fsp3) is 0.524. The summed E-state index contributed by atoms with van der Waals surface area (Å²) in [4.78, 5) is 29.4. The SMILES string of the molecule is CCCCC(=O)N1CCCN(C(=O)c2c(C)n(C)c3ccccc23)CC1. The summed E-state index contributed by atoms with van der Waals surface area (Å²) >= 11 is 0. The second-order valence-corrected chi connectivity index (χ2v) is 7.17. The van der Waals surface area contributed by atoms with Crippen molar-refractivity contribution in [2.24, 2.45) is 7.05 Å². The largest absolute Gasteiger partial charge is 0.347 e. The summed E-state index contributed by atoms with van der Waals surface area (Å²) < 4.78 is 2.08. The van der Waals surface area contributed by atoms with E-state index >= 15 is 0 Å². The van der Waals surface area contributed by atoms with Crippen LogP contribution < -0.4 is 0 Å². The van der Waals surface area contributed by atoms with Crippen LogP contribution in [-0.2, 0) is 11.8 Å². The summed E-state index contributed by atoms with van der Waals surface area (Å²) in [6.07, 6.45) is 3.43. The molecule has 1 fully saturated rings. The van der Waals surface area contributed by atoms with Gasteiger partial charge in [-0.15, -0.1) is 0 Å². The van der Waals surface area contributed by atoms with Gasteiger partial charge in [-0.25, -0.2) is 0 Å². The molecular weight excluding hydrogens is 326 g/mol. The number of fused-ring (bicyclic) bond motifs is 1. The maximum absolute atomic E-state index is 13.3. The lowest BCUT2D eigenvalue weighted by Crippen LogP contribution is -2.37. The van der Waals surface area contributed by atoms with Gasteiger partial charge in [0.05, 0.1) is 5.56 Å². The molecule has 0 atom stereocenters. The van der Waals surface area contributed by atoms with E-state index in [-0.39, 0.29) is 11.8 Å². The maximum Gasteiger partial charge on any atom is 0.256 e. The van der Waals surface area contributed by atoms with Gasteiger partial charge in [0, 0.05) is 56.2 Å². The minimum Gasteiger partial charge on any atom is -0.347 e. The second kappa shape index (κ2) is 7.94. The first-order valence-electron chi connectivity index (χ1n) is 9.65. The number of amides is 2. The number of carbonyl (C=O) groups excluding carboxylic acids is 2. The lowest BCUT2D eigenvalue weighted by molar-refractivity contribution is -0.131. The van der Waals surface area contributed by atoms with Crippen LogP contribution in [0.3, 0.4) is 0 Å². The van der Waals surface area contributed by atoms with Crippen molar-refractivity contribution in [3.63, 3.8) is 0 Å². The Morgan fingerprint density at radius 3 is 2.50 bits per heavy atom. The molecule has 0 unspecified atom stereocenters. The molecule has 1 aromatic carbocycles. The predicted octanol–water partition coefficient (Wildman–Crippen LogP) is 3.35. The number of carbonyl (C=O) groups is 2. The highest BCUT2D eigenvalue weighted by Gasteiger charge is 2.26. The Morgan fingerprint density at radius 2 is 1.73 bits per heavy atom. The van der Waals surface area contributed by atoms with Crippen LogP contribution >= 0.6 is 0 Å². The number of unbranched alkanes of at least 4 members (excludes halogenated alkanes) is 1. The van der Waals surface area contributed by atoms with E-state index in [1.807, 2.05) is 42.0 Å². The molecule has 0 N–H and O–H groups in total. The third kappa shape index (κ3) is 3.48. The van der Waals surface area contributed by atoms with Gasteiger partial charge in [-0.3, -0.25) is 9.59 Å². The first-order chi connectivity index (χ1) is 12.5. The third-order valence-corrected chi connectivity index (χ3v) is 5.49. The van der Waals surface area contributed by atoms with Crippen molar-refractivity contribution in [2.45, 2.75) is 39.5 Å². The van der Waals surface area contributed by atoms with Crippen LogP contribution in [0.15, 0.2) is 24.3 Å². The van der Waals surface area contributed by atoms with Gasteiger partial charge in [0.15, 0.2) is 0 Å². The summed E-state index contributed by atoms with van der Waals surface area (Å²) in [7, 11) is 2.00. The van der Waals surface area contributed by atoms with E-state index in [4.69, 9.17) is 0 Å². The van der Waals surface area contributed by atoms with Crippen molar-refractivity contribution in [1.29, 1.82) is 0 Å². The molecule has 2 heterocycles. The average Bonchev–Trinajstić information content (AvgIpc) is 2.83. The molecule has 0 aliphatic carbocycles. The zero-order valence-corrected chi connectivity index (χ0v) is 16.1. The number of hydrogen-bond donors (Lipinski definition) is 0. The molecule has 1 aliphatic heterocycles. The minimum absolute atomic E-state index is 0.0853. The van der Waals surface area contributed by atoms with Crippen molar-refractivity contribution >= 4 is 22.7 Å². The highest BCUT2D eigenvalue weighted by atomic mass is 16.2. The van der Waals surface area contributed by atoms with Crippen LogP contribution in [0.2, 0.25) is 0 Å². The fourth-order valence-electron chi connectivity index (χ4n) is 3.80. The summed E-state index contributed by atoms with van der Waals surface area (Å²) in [5.41, 5.74) is 2.88. The van der Waals surface area contributed by atoms with Gasteiger partial charge < -0.3 is 14.4 Å². The molecule has 2 aromatic rings. The van der Waals surface area contributed by atoms with Gasteiger partial charge in [-0.1, -0.05) is 31.5 Å². The van der Waals surface area contributed by atoms with Crippen molar-refractivity contribution in [3.8, 4) is 0 Å². The van der Waals surface area contributed by atoms with Gasteiger partial charge in [-0.2, -0.15) is 0 Å². The van der Waals surface area contributed by atoms with Crippen LogP contribution in [0, 0.1) is 6.92 Å². The van der Waals surface area contributed by atoms with Crippen LogP contribution in [0.4, 0.5) is 0 Å². The van der Waals surface area contributed by atoms with Crippen molar-refractivity contribution in [1.82, 2.24) is 14.4 Å². The third-order valence-electron chi connectivity index (χ3n) is 5.49. The Bertz CT molecular complexity index is 809. The highest BCUT2D eigenvalue weighted by molar-refractivity contribution is 6.08. The average molecular weight is 355 g/mol. The number of para-hydroxylation sites is 1. The Kier molecular flexibility index (Phi) is 5.64. The van der Waals surface area contributed by atoms with E-state index in [1.54, 1.807) is 0 Å². The van der Waals surface area contributed by atoms with E-state index in [1.165, 1.54) is 0 Å². The molecule has 140 valence electrons. The number of benzene rings is 1. The predicted molar refractivity (Wildman–Crippen MR) is 104 cm³/mol. The maximum atomic E-state index is 13.3. The quantitative estimate of drug-likeness (QED) is 0.844. The number of aromatic nitrogens is 1. The standard InChI is InChI=1S/C21H29N3O2/c1-4-5-11-19(25)23-12-8-13-24(15-14-23)21(26)20-16(2)22(3)18-10-7-6-9-17(18)20/h6-7,9-10H,4-5,8,11-15H2,1-3H3. The molecule has 0 saturated carbocycles. The van der Waals surface area contributed by atoms with Gasteiger partial charge in [0.25, 0.3) is 5.91 Å². The van der Waals surface area contributed by atoms with Gasteiger partial charge in [0.2, 0.25) is 5.91 Å². The topological polar surface area (TPSA) is 45.6 Å². The van der Waals surface area contributed by atoms with Gasteiger partial charge >= 0.3 is 0 Å². The van der Waals surface area contributed by atoms with Crippen LogP contribution in [0.1, 0.15) is 48.7 Å². The fourth-order valence-corrected chi connectivity index (χ4v) is 3.80. The van der Waals surface area contributed by atoms with Crippen LogP contribution in [-0.4, -0.2) is 52.4 Å². The molecule has 0 radical (unpaired) electrons. The molecule has 1 aliphatic rings. The van der Waals surface area contributed by atoms with Crippen LogP contribution in [0.5, 0.6) is 0 Å². The van der Waals surface area contributed by atoms with E-state index in [2.05, 4.69) is 17.6 Å². The second-order valence-electron chi connectivity index (χ2n) is 7.17. The molecule has 5 nitrogen and oxygen atoms in total. The van der Waals surface area contributed by atoms with Gasteiger partial charge in [-0.05, 0) is 25.8 Å². The van der Waals surface area contributed by atoms with E-state index in [0.29, 0.717) is 26.1 Å². The summed E-state index contributed by atoms with van der Waals surface area (Å²) in [5.74, 6) is 0.310. The Balaban J connectivity index is 1.77. The lowest BCUT2D eigenvalue weighted by atomic mass is 10.1. The van der Waals surface area contributed by atoms with E-state index in [0.717, 1.165) is 48.0 Å². The minimum atomic E-state index is 0.0853. The van der Waals surface area contributed by atoms with Gasteiger partial charge in [0.1, 0.15) is 0 Å². The Labute approximate surface area is 155 Å². The molecule has 0 spiro atoms. The van der Waals surface area contributed by atoms with Crippen molar-refractivity contribution in [2.75, 3.05) is 26.2 Å². The van der Waals surface area contributed by atoms with E-state index in [9.17, 15) is 9.59 Å². The molecule has 1 saturated heterocycles. The van der Waals surface area contributed by atoms with Crippen LogP contribution in [0.25, 0.3) is 10.9 Å². The smallest absolute Gasteiger partial charge is 0.256 e. The van der Waals surface area contributed by atoms with E-state index < -0.39 is 0 Å². The Hall–Kier alpha value is -2.30. The first kappa shape index (κ1) is 18.5. The Morgan fingerprint density at radius 1 is 1.04 bits per heavy atom. The van der Waals surface area contributed by atoms with Crippen molar-refractivity contribution < 1.29 is 9.59 Å². The molecule has 2 amide bonds. The first-order valence-corrected chi connectivity index (χ1v) is 9.65. The zero-order valence-electron chi connectivity index (χ0n) is 16.1. The number of hydrogen-bond acceptors (Lipinski definition) is 2. The number of aryl methyl sites for hydroxylation is 1. The molecule has 0 bridgehead atoms. The molecular formula is C21H29N3O2. The normalized spacial score (nSPS) is 15.3. The number of rotatable bonds is 4. The zero-order chi connectivity index (χ0) is 18.7. The highest BCUT2D eigenvalue weighted by Crippen LogP contribution is 2.26. The summed E-state index contributed by atoms with van der Waals surface area (Å²) in [6.45, 7) is 6.81.